The Bertz CT molecular complexity index is 615. The molecule has 0 bridgehead atoms. The summed E-state index contributed by atoms with van der Waals surface area (Å²) in [6, 6.07) is 6.94. The Morgan fingerprint density at radius 1 is 1.11 bits per heavy atom. The number of hydrogen-bond donors (Lipinski definition) is 3. The fourth-order valence-electron chi connectivity index (χ4n) is 3.06. The SMILES string of the molecule is CCOC(C)(C)C1OC(C(=O)OCc2ccc(OC)cc2)[C@@H](O)C(O)[C@@H]1O. The van der Waals surface area contributed by atoms with E-state index in [4.69, 9.17) is 18.9 Å². The fraction of sp³-hybridized carbons (Fsp3) is 0.632. The van der Waals surface area contributed by atoms with Gasteiger partial charge in [0.2, 0.25) is 0 Å². The first-order valence-electron chi connectivity index (χ1n) is 8.84. The quantitative estimate of drug-likeness (QED) is 0.579. The van der Waals surface area contributed by atoms with Crippen molar-refractivity contribution in [3.63, 3.8) is 0 Å². The predicted octanol–water partition coefficient (Wildman–Crippen LogP) is 0.404. The Morgan fingerprint density at radius 3 is 2.30 bits per heavy atom. The molecule has 0 radical (unpaired) electrons. The first kappa shape index (κ1) is 21.6. The van der Waals surface area contributed by atoms with Crippen molar-refractivity contribution in [2.45, 2.75) is 63.5 Å². The first-order chi connectivity index (χ1) is 12.7. The van der Waals surface area contributed by atoms with E-state index in [1.165, 1.54) is 0 Å². The minimum atomic E-state index is -1.61. The van der Waals surface area contributed by atoms with Crippen LogP contribution in [0.2, 0.25) is 0 Å². The molecular formula is C19H28O8. The molecule has 1 saturated heterocycles. The van der Waals surface area contributed by atoms with Crippen LogP contribution < -0.4 is 4.74 Å². The number of ether oxygens (including phenoxy) is 4. The van der Waals surface area contributed by atoms with Crippen LogP contribution in [0, 0.1) is 0 Å². The molecule has 0 aliphatic carbocycles. The van der Waals surface area contributed by atoms with E-state index in [1.54, 1.807) is 52.1 Å². The molecule has 152 valence electrons. The van der Waals surface area contributed by atoms with Crippen LogP contribution in [-0.4, -0.2) is 71.1 Å². The van der Waals surface area contributed by atoms with E-state index in [0.717, 1.165) is 5.56 Å². The van der Waals surface area contributed by atoms with Crippen LogP contribution in [0.25, 0.3) is 0 Å². The van der Waals surface area contributed by atoms with Crippen molar-refractivity contribution in [2.75, 3.05) is 13.7 Å². The lowest BCUT2D eigenvalue weighted by atomic mass is 9.86. The second kappa shape index (κ2) is 8.99. The first-order valence-corrected chi connectivity index (χ1v) is 8.84. The zero-order valence-electron chi connectivity index (χ0n) is 16.0. The maximum Gasteiger partial charge on any atom is 0.338 e. The van der Waals surface area contributed by atoms with Gasteiger partial charge in [0.15, 0.2) is 6.10 Å². The van der Waals surface area contributed by atoms with Gasteiger partial charge >= 0.3 is 5.97 Å². The van der Waals surface area contributed by atoms with Crippen LogP contribution in [0.4, 0.5) is 0 Å². The van der Waals surface area contributed by atoms with E-state index in [9.17, 15) is 20.1 Å². The van der Waals surface area contributed by atoms with Crippen molar-refractivity contribution < 1.29 is 39.1 Å². The van der Waals surface area contributed by atoms with Crippen molar-refractivity contribution >= 4 is 5.97 Å². The highest BCUT2D eigenvalue weighted by Gasteiger charge is 2.52. The summed E-state index contributed by atoms with van der Waals surface area (Å²) >= 11 is 0. The highest BCUT2D eigenvalue weighted by molar-refractivity contribution is 5.75. The highest BCUT2D eigenvalue weighted by Crippen LogP contribution is 2.31. The second-order valence-corrected chi connectivity index (χ2v) is 6.94. The van der Waals surface area contributed by atoms with E-state index in [-0.39, 0.29) is 6.61 Å². The van der Waals surface area contributed by atoms with Crippen molar-refractivity contribution in [2.24, 2.45) is 0 Å². The fourth-order valence-corrected chi connectivity index (χ4v) is 3.06. The van der Waals surface area contributed by atoms with Crippen molar-refractivity contribution in [3.05, 3.63) is 29.8 Å². The molecule has 1 aliphatic heterocycles. The molecule has 5 atom stereocenters. The van der Waals surface area contributed by atoms with Gasteiger partial charge in [-0.15, -0.1) is 0 Å². The predicted molar refractivity (Wildman–Crippen MR) is 95.2 cm³/mol. The zero-order valence-corrected chi connectivity index (χ0v) is 16.0. The second-order valence-electron chi connectivity index (χ2n) is 6.94. The zero-order chi connectivity index (χ0) is 20.2. The third-order valence-electron chi connectivity index (χ3n) is 4.59. The maximum absolute atomic E-state index is 12.4. The summed E-state index contributed by atoms with van der Waals surface area (Å²) in [7, 11) is 1.55. The highest BCUT2D eigenvalue weighted by atomic mass is 16.6. The lowest BCUT2D eigenvalue weighted by Gasteiger charge is -2.45. The van der Waals surface area contributed by atoms with E-state index in [2.05, 4.69) is 0 Å². The normalized spacial score (nSPS) is 28.6. The van der Waals surface area contributed by atoms with Crippen LogP contribution in [0.1, 0.15) is 26.3 Å². The van der Waals surface area contributed by atoms with Crippen LogP contribution in [0.15, 0.2) is 24.3 Å². The molecule has 1 heterocycles. The Balaban J connectivity index is 2.06. The van der Waals surface area contributed by atoms with Gasteiger partial charge in [0.05, 0.1) is 12.7 Å². The standard InChI is InChI=1S/C19H28O8/c1-5-26-19(2,3)17-15(22)13(20)14(21)16(27-17)18(23)25-10-11-6-8-12(24-4)9-7-11/h6-9,13-17,20-22H,5,10H2,1-4H3/t13?,14-,15-,16?,17?/m0/s1. The molecule has 3 unspecified atom stereocenters. The van der Waals surface area contributed by atoms with Crippen molar-refractivity contribution in [1.82, 2.24) is 0 Å². The Labute approximate surface area is 158 Å². The van der Waals surface area contributed by atoms with E-state index in [1.807, 2.05) is 0 Å². The summed E-state index contributed by atoms with van der Waals surface area (Å²) < 4.78 is 21.4. The van der Waals surface area contributed by atoms with Gasteiger partial charge in [-0.2, -0.15) is 0 Å². The molecule has 1 aromatic carbocycles. The number of carbonyl (C=O) groups is 1. The lowest BCUT2D eigenvalue weighted by Crippen LogP contribution is -2.65. The minimum Gasteiger partial charge on any atom is -0.497 e. The van der Waals surface area contributed by atoms with Crippen LogP contribution in [-0.2, 0) is 25.6 Å². The number of methoxy groups -OCH3 is 1. The van der Waals surface area contributed by atoms with Gasteiger partial charge in [-0.3, -0.25) is 0 Å². The summed E-state index contributed by atoms with van der Waals surface area (Å²) in [4.78, 5) is 12.4. The Hall–Kier alpha value is -1.71. The van der Waals surface area contributed by atoms with Gasteiger partial charge < -0.3 is 34.3 Å². The van der Waals surface area contributed by atoms with Crippen molar-refractivity contribution in [1.29, 1.82) is 0 Å². The van der Waals surface area contributed by atoms with Gasteiger partial charge in [-0.25, -0.2) is 4.79 Å². The van der Waals surface area contributed by atoms with E-state index in [0.29, 0.717) is 12.4 Å². The lowest BCUT2D eigenvalue weighted by molar-refractivity contribution is -0.267. The summed E-state index contributed by atoms with van der Waals surface area (Å²) in [5.41, 5.74) is -0.259. The Kier molecular flexibility index (Phi) is 7.19. The molecule has 27 heavy (non-hydrogen) atoms. The smallest absolute Gasteiger partial charge is 0.338 e. The number of aliphatic hydroxyl groups is 3. The van der Waals surface area contributed by atoms with Crippen LogP contribution in [0.5, 0.6) is 5.75 Å². The average molecular weight is 384 g/mol. The largest absolute Gasteiger partial charge is 0.497 e. The molecule has 0 spiro atoms. The molecule has 8 heteroatoms. The summed E-state index contributed by atoms with van der Waals surface area (Å²) in [6.45, 7) is 5.45. The monoisotopic (exact) mass is 384 g/mol. The molecule has 0 saturated carbocycles. The molecule has 8 nitrogen and oxygen atoms in total. The van der Waals surface area contributed by atoms with Gasteiger partial charge in [0.25, 0.3) is 0 Å². The number of hydrogen-bond acceptors (Lipinski definition) is 8. The third kappa shape index (κ3) is 4.97. The number of rotatable bonds is 7. The Morgan fingerprint density at radius 2 is 1.74 bits per heavy atom. The van der Waals surface area contributed by atoms with Crippen LogP contribution in [0.3, 0.4) is 0 Å². The molecule has 0 amide bonds. The molecule has 2 rings (SSSR count). The maximum atomic E-state index is 12.4. The number of carbonyl (C=O) groups excluding carboxylic acids is 1. The van der Waals surface area contributed by atoms with E-state index < -0.39 is 42.1 Å². The molecule has 1 aromatic rings. The summed E-state index contributed by atoms with van der Waals surface area (Å²) in [6.07, 6.45) is -7.05. The summed E-state index contributed by atoms with van der Waals surface area (Å²) in [5.74, 6) is -0.157. The van der Waals surface area contributed by atoms with E-state index >= 15 is 0 Å². The third-order valence-corrected chi connectivity index (χ3v) is 4.59. The number of aliphatic hydroxyl groups excluding tert-OH is 3. The topological polar surface area (TPSA) is 115 Å². The minimum absolute atomic E-state index is 0.0342. The number of esters is 1. The number of benzene rings is 1. The molecule has 1 fully saturated rings. The average Bonchev–Trinajstić information content (AvgIpc) is 2.64. The van der Waals surface area contributed by atoms with Gasteiger partial charge in [0, 0.05) is 6.61 Å². The van der Waals surface area contributed by atoms with Crippen molar-refractivity contribution in [3.8, 4) is 5.75 Å². The van der Waals surface area contributed by atoms with Gasteiger partial charge in [-0.05, 0) is 38.5 Å². The molecular weight excluding hydrogens is 356 g/mol. The molecule has 3 N–H and O–H groups in total. The molecule has 1 aliphatic rings. The van der Waals surface area contributed by atoms with Crippen LogP contribution >= 0.6 is 0 Å². The summed E-state index contributed by atoms with van der Waals surface area (Å²) in [5, 5.41) is 30.6. The van der Waals surface area contributed by atoms with Gasteiger partial charge in [-0.1, -0.05) is 12.1 Å². The van der Waals surface area contributed by atoms with Gasteiger partial charge in [0.1, 0.15) is 36.8 Å². The molecule has 0 aromatic heterocycles.